The molecule has 3 N–H and O–H groups in total. The number of nitriles is 1. The number of nitrogens with zero attached hydrogens (tertiary/aromatic N) is 2. The quantitative estimate of drug-likeness (QED) is 0.745. The Kier molecular flexibility index (Phi) is 3.89. The van der Waals surface area contributed by atoms with Crippen LogP contribution in [0.4, 0.5) is 5.82 Å². The van der Waals surface area contributed by atoms with Crippen LogP contribution in [-0.2, 0) is 0 Å². The van der Waals surface area contributed by atoms with Gasteiger partial charge >= 0.3 is 0 Å². The number of nitrogens with two attached hydrogens (primary N) is 1. The summed E-state index contributed by atoms with van der Waals surface area (Å²) < 4.78 is 0. The van der Waals surface area contributed by atoms with E-state index < -0.39 is 0 Å². The predicted octanol–water partition coefficient (Wildman–Crippen LogP) is 1.10. The normalized spacial score (nSPS) is 11.8. The number of hydrogen-bond acceptors (Lipinski definition) is 4. The van der Waals surface area contributed by atoms with E-state index in [-0.39, 0.29) is 0 Å². The maximum Gasteiger partial charge on any atom is 0.126 e. The molecule has 0 bridgehead atoms. The Morgan fingerprint density at radius 3 is 2.93 bits per heavy atom. The van der Waals surface area contributed by atoms with Gasteiger partial charge in [0.2, 0.25) is 0 Å². The highest BCUT2D eigenvalue weighted by molar-refractivity contribution is 5.39. The van der Waals surface area contributed by atoms with Crippen molar-refractivity contribution in [2.24, 2.45) is 5.73 Å². The molecule has 0 aliphatic rings. The lowest BCUT2D eigenvalue weighted by Gasteiger charge is -2.12. The van der Waals surface area contributed by atoms with Crippen LogP contribution in [0.5, 0.6) is 0 Å². The topological polar surface area (TPSA) is 74.7 Å². The minimum Gasteiger partial charge on any atom is -0.368 e. The first-order chi connectivity index (χ1) is 6.76. The second-order valence-electron chi connectivity index (χ2n) is 3.17. The highest BCUT2D eigenvalue weighted by Gasteiger charge is 2.01. The summed E-state index contributed by atoms with van der Waals surface area (Å²) in [6, 6.07) is 5.87. The molecule has 1 unspecified atom stereocenters. The zero-order valence-electron chi connectivity index (χ0n) is 8.20. The van der Waals surface area contributed by atoms with E-state index in [9.17, 15) is 0 Å². The van der Waals surface area contributed by atoms with Crippen LogP contribution in [-0.4, -0.2) is 17.6 Å². The van der Waals surface area contributed by atoms with Crippen LogP contribution in [0.25, 0.3) is 0 Å². The first-order valence-electron chi connectivity index (χ1n) is 4.59. The lowest BCUT2D eigenvalue weighted by molar-refractivity contribution is 0.713. The number of aromatic nitrogens is 1. The molecule has 4 nitrogen and oxygen atoms in total. The minimum absolute atomic E-state index is 0.306. The molecule has 0 saturated carbocycles. The summed E-state index contributed by atoms with van der Waals surface area (Å²) in [4.78, 5) is 4.10. The van der Waals surface area contributed by atoms with Gasteiger partial charge in [-0.3, -0.25) is 0 Å². The van der Waals surface area contributed by atoms with Crippen molar-refractivity contribution in [2.45, 2.75) is 19.4 Å². The van der Waals surface area contributed by atoms with Crippen LogP contribution < -0.4 is 11.1 Å². The van der Waals surface area contributed by atoms with Gasteiger partial charge in [0.05, 0.1) is 5.56 Å². The molecule has 0 spiro atoms. The van der Waals surface area contributed by atoms with Crippen LogP contribution in [0.3, 0.4) is 0 Å². The molecule has 14 heavy (non-hydrogen) atoms. The first-order valence-corrected chi connectivity index (χ1v) is 4.59. The summed E-state index contributed by atoms with van der Waals surface area (Å²) in [5.41, 5.74) is 6.00. The fourth-order valence-corrected chi connectivity index (χ4v) is 1.12. The van der Waals surface area contributed by atoms with Crippen molar-refractivity contribution in [2.75, 3.05) is 11.9 Å². The van der Waals surface area contributed by atoms with Gasteiger partial charge in [-0.2, -0.15) is 5.26 Å². The van der Waals surface area contributed by atoms with Gasteiger partial charge in [-0.15, -0.1) is 0 Å². The number of anilines is 1. The van der Waals surface area contributed by atoms with Gasteiger partial charge < -0.3 is 11.1 Å². The molecule has 74 valence electrons. The van der Waals surface area contributed by atoms with E-state index in [1.165, 1.54) is 0 Å². The average molecular weight is 190 g/mol. The third kappa shape index (κ3) is 3.04. The van der Waals surface area contributed by atoms with Gasteiger partial charge in [-0.05, 0) is 32.0 Å². The summed E-state index contributed by atoms with van der Waals surface area (Å²) in [6.45, 7) is 2.71. The third-order valence-electron chi connectivity index (χ3n) is 1.89. The average Bonchev–Trinajstić information content (AvgIpc) is 2.19. The molecule has 0 aromatic carbocycles. The molecule has 0 amide bonds. The molecule has 0 fully saturated rings. The third-order valence-corrected chi connectivity index (χ3v) is 1.89. The molecule has 0 radical (unpaired) electrons. The van der Waals surface area contributed by atoms with Crippen LogP contribution >= 0.6 is 0 Å². The highest BCUT2D eigenvalue weighted by Crippen LogP contribution is 2.06. The SMILES string of the molecule is CC(CCN)Nc1ccc(C#N)cn1. The van der Waals surface area contributed by atoms with Gasteiger partial charge in [0.1, 0.15) is 11.9 Å². The monoisotopic (exact) mass is 190 g/mol. The molecular weight excluding hydrogens is 176 g/mol. The number of pyridine rings is 1. The summed E-state index contributed by atoms with van der Waals surface area (Å²) >= 11 is 0. The van der Waals surface area contributed by atoms with Gasteiger partial charge in [0.25, 0.3) is 0 Å². The van der Waals surface area contributed by atoms with E-state index in [1.807, 2.05) is 13.0 Å². The van der Waals surface area contributed by atoms with E-state index in [0.29, 0.717) is 18.2 Å². The van der Waals surface area contributed by atoms with Crippen molar-refractivity contribution < 1.29 is 0 Å². The van der Waals surface area contributed by atoms with Crippen LogP contribution in [0.15, 0.2) is 18.3 Å². The fraction of sp³-hybridized carbons (Fsp3) is 0.400. The molecule has 1 atom stereocenters. The Balaban J connectivity index is 2.56. The Hall–Kier alpha value is -1.60. The molecule has 0 aliphatic heterocycles. The molecule has 0 saturated heterocycles. The van der Waals surface area contributed by atoms with Crippen molar-refractivity contribution in [1.29, 1.82) is 5.26 Å². The van der Waals surface area contributed by atoms with Crippen molar-refractivity contribution >= 4 is 5.82 Å². The Labute approximate surface area is 83.8 Å². The lowest BCUT2D eigenvalue weighted by atomic mass is 10.2. The zero-order valence-corrected chi connectivity index (χ0v) is 8.20. The summed E-state index contributed by atoms with van der Waals surface area (Å²) in [7, 11) is 0. The molecule has 1 aromatic rings. The zero-order chi connectivity index (χ0) is 10.4. The predicted molar refractivity (Wildman–Crippen MR) is 55.7 cm³/mol. The maximum atomic E-state index is 8.57. The van der Waals surface area contributed by atoms with Crippen LogP contribution in [0.2, 0.25) is 0 Å². The van der Waals surface area contributed by atoms with Crippen molar-refractivity contribution in [3.8, 4) is 6.07 Å². The number of nitrogens with one attached hydrogen (secondary N) is 1. The number of hydrogen-bond donors (Lipinski definition) is 2. The molecular formula is C10H14N4. The largest absolute Gasteiger partial charge is 0.368 e. The Morgan fingerprint density at radius 1 is 1.64 bits per heavy atom. The van der Waals surface area contributed by atoms with E-state index in [0.717, 1.165) is 12.2 Å². The lowest BCUT2D eigenvalue weighted by Crippen LogP contribution is -2.19. The first kappa shape index (κ1) is 10.5. The van der Waals surface area contributed by atoms with Crippen molar-refractivity contribution in [1.82, 2.24) is 4.98 Å². The number of rotatable bonds is 4. The van der Waals surface area contributed by atoms with Crippen molar-refractivity contribution in [3.05, 3.63) is 23.9 Å². The molecule has 1 aromatic heterocycles. The van der Waals surface area contributed by atoms with Crippen molar-refractivity contribution in [3.63, 3.8) is 0 Å². The second kappa shape index (κ2) is 5.20. The molecule has 1 rings (SSSR count). The molecule has 1 heterocycles. The summed E-state index contributed by atoms with van der Waals surface area (Å²) in [5, 5.41) is 11.8. The summed E-state index contributed by atoms with van der Waals surface area (Å²) in [6.07, 6.45) is 2.46. The molecule has 0 aliphatic carbocycles. The Morgan fingerprint density at radius 2 is 2.43 bits per heavy atom. The summed E-state index contributed by atoms with van der Waals surface area (Å²) in [5.74, 6) is 0.782. The second-order valence-corrected chi connectivity index (χ2v) is 3.17. The van der Waals surface area contributed by atoms with E-state index in [1.54, 1.807) is 18.3 Å². The minimum atomic E-state index is 0.306. The van der Waals surface area contributed by atoms with Gasteiger partial charge in [-0.25, -0.2) is 4.98 Å². The maximum absolute atomic E-state index is 8.57. The van der Waals surface area contributed by atoms with Gasteiger partial charge in [0, 0.05) is 12.2 Å². The fourth-order valence-electron chi connectivity index (χ4n) is 1.12. The van der Waals surface area contributed by atoms with E-state index >= 15 is 0 Å². The van der Waals surface area contributed by atoms with Crippen LogP contribution in [0.1, 0.15) is 18.9 Å². The van der Waals surface area contributed by atoms with E-state index in [2.05, 4.69) is 10.3 Å². The molecule has 4 heteroatoms. The van der Waals surface area contributed by atoms with Gasteiger partial charge in [-0.1, -0.05) is 0 Å². The highest BCUT2D eigenvalue weighted by atomic mass is 15.0. The van der Waals surface area contributed by atoms with Crippen LogP contribution in [0, 0.1) is 11.3 Å². The van der Waals surface area contributed by atoms with E-state index in [4.69, 9.17) is 11.0 Å². The van der Waals surface area contributed by atoms with Gasteiger partial charge in [0.15, 0.2) is 0 Å². The Bertz CT molecular complexity index is 312. The smallest absolute Gasteiger partial charge is 0.126 e. The standard InChI is InChI=1S/C10H14N4/c1-8(4-5-11)14-10-3-2-9(6-12)7-13-10/h2-3,7-8H,4-5,11H2,1H3,(H,13,14).